The van der Waals surface area contributed by atoms with Crippen molar-refractivity contribution in [3.05, 3.63) is 49.1 Å². The SMILES string of the molecule is C=CCOC(=O)CCCCCC/C=C/C=C/C=C\CCCCC. The molecular weight excluding hydrogens is 284 g/mol. The average molecular weight is 319 g/mol. The molecule has 0 aromatic rings. The van der Waals surface area contributed by atoms with Crippen molar-refractivity contribution >= 4 is 5.97 Å². The highest BCUT2D eigenvalue weighted by Crippen LogP contribution is 2.07. The molecule has 0 N–H and O–H groups in total. The Kier molecular flexibility index (Phi) is 17.2. The van der Waals surface area contributed by atoms with E-state index in [1.807, 2.05) is 0 Å². The van der Waals surface area contributed by atoms with E-state index in [0.717, 1.165) is 19.3 Å². The van der Waals surface area contributed by atoms with Gasteiger partial charge in [0.1, 0.15) is 6.61 Å². The number of carbonyl (C=O) groups excluding carboxylic acids is 1. The first kappa shape index (κ1) is 21.4. The number of allylic oxidation sites excluding steroid dienone is 6. The van der Waals surface area contributed by atoms with E-state index in [1.54, 1.807) is 6.08 Å². The number of carbonyl (C=O) groups is 1. The summed E-state index contributed by atoms with van der Waals surface area (Å²) >= 11 is 0. The minimum absolute atomic E-state index is 0.113. The van der Waals surface area contributed by atoms with Gasteiger partial charge >= 0.3 is 5.97 Å². The summed E-state index contributed by atoms with van der Waals surface area (Å²) in [5, 5.41) is 0. The fraction of sp³-hybridized carbons (Fsp3) is 0.571. The van der Waals surface area contributed by atoms with Gasteiger partial charge in [0.05, 0.1) is 0 Å². The smallest absolute Gasteiger partial charge is 0.306 e. The Morgan fingerprint density at radius 2 is 1.48 bits per heavy atom. The molecule has 0 saturated carbocycles. The molecule has 0 aliphatic rings. The van der Waals surface area contributed by atoms with E-state index in [4.69, 9.17) is 4.74 Å². The predicted molar refractivity (Wildman–Crippen MR) is 100 cm³/mol. The summed E-state index contributed by atoms with van der Waals surface area (Å²) in [5.41, 5.74) is 0. The van der Waals surface area contributed by atoms with Crippen molar-refractivity contribution in [2.24, 2.45) is 0 Å². The van der Waals surface area contributed by atoms with Gasteiger partial charge in [-0.05, 0) is 32.1 Å². The normalized spacial score (nSPS) is 11.7. The maximum atomic E-state index is 11.2. The lowest BCUT2D eigenvalue weighted by molar-refractivity contribution is -0.142. The van der Waals surface area contributed by atoms with Crippen LogP contribution in [0.4, 0.5) is 0 Å². The molecule has 0 heterocycles. The van der Waals surface area contributed by atoms with Crippen LogP contribution in [0.1, 0.15) is 71.1 Å². The number of esters is 1. The van der Waals surface area contributed by atoms with Gasteiger partial charge in [0.25, 0.3) is 0 Å². The Morgan fingerprint density at radius 3 is 2.09 bits per heavy atom. The first-order valence-corrected chi connectivity index (χ1v) is 9.06. The summed E-state index contributed by atoms with van der Waals surface area (Å²) in [5.74, 6) is -0.113. The monoisotopic (exact) mass is 318 g/mol. The molecule has 0 aromatic carbocycles. The van der Waals surface area contributed by atoms with Gasteiger partial charge in [0, 0.05) is 6.42 Å². The van der Waals surface area contributed by atoms with Crippen molar-refractivity contribution in [2.75, 3.05) is 6.61 Å². The van der Waals surface area contributed by atoms with Crippen LogP contribution in [-0.4, -0.2) is 12.6 Å². The molecule has 0 unspecified atom stereocenters. The van der Waals surface area contributed by atoms with Gasteiger partial charge in [-0.1, -0.05) is 81.7 Å². The lowest BCUT2D eigenvalue weighted by atomic mass is 10.1. The number of unbranched alkanes of at least 4 members (excludes halogenated alkanes) is 7. The van der Waals surface area contributed by atoms with Crippen LogP contribution in [0.5, 0.6) is 0 Å². The number of ether oxygens (including phenoxy) is 1. The minimum Gasteiger partial charge on any atom is -0.461 e. The van der Waals surface area contributed by atoms with E-state index >= 15 is 0 Å². The van der Waals surface area contributed by atoms with E-state index in [0.29, 0.717) is 13.0 Å². The van der Waals surface area contributed by atoms with Crippen LogP contribution < -0.4 is 0 Å². The number of rotatable bonds is 15. The van der Waals surface area contributed by atoms with Gasteiger partial charge in [0.2, 0.25) is 0 Å². The third-order valence-electron chi connectivity index (χ3n) is 3.44. The van der Waals surface area contributed by atoms with E-state index < -0.39 is 0 Å². The summed E-state index contributed by atoms with van der Waals surface area (Å²) < 4.78 is 4.93. The molecule has 0 radical (unpaired) electrons. The van der Waals surface area contributed by atoms with E-state index in [-0.39, 0.29) is 5.97 Å². The molecule has 2 heteroatoms. The zero-order valence-electron chi connectivity index (χ0n) is 14.8. The lowest BCUT2D eigenvalue weighted by Gasteiger charge is -2.01. The van der Waals surface area contributed by atoms with Crippen molar-refractivity contribution < 1.29 is 9.53 Å². The first-order valence-electron chi connectivity index (χ1n) is 9.06. The van der Waals surface area contributed by atoms with Gasteiger partial charge in [-0.2, -0.15) is 0 Å². The van der Waals surface area contributed by atoms with Crippen molar-refractivity contribution in [1.29, 1.82) is 0 Å². The maximum Gasteiger partial charge on any atom is 0.306 e. The van der Waals surface area contributed by atoms with Crippen LogP contribution in [0.15, 0.2) is 49.1 Å². The van der Waals surface area contributed by atoms with Crippen LogP contribution in [0.3, 0.4) is 0 Å². The fourth-order valence-electron chi connectivity index (χ4n) is 2.10. The predicted octanol–water partition coefficient (Wildman–Crippen LogP) is 6.31. The molecular formula is C21H34O2. The van der Waals surface area contributed by atoms with Crippen LogP contribution >= 0.6 is 0 Å². The quantitative estimate of drug-likeness (QED) is 0.153. The molecule has 0 saturated heterocycles. The summed E-state index contributed by atoms with van der Waals surface area (Å²) in [6.45, 7) is 6.07. The molecule has 0 atom stereocenters. The zero-order chi connectivity index (χ0) is 17.0. The lowest BCUT2D eigenvalue weighted by Crippen LogP contribution is -2.03. The number of hydrogen-bond donors (Lipinski definition) is 0. The Hall–Kier alpha value is -1.57. The van der Waals surface area contributed by atoms with Gasteiger partial charge in [-0.25, -0.2) is 0 Å². The fourth-order valence-corrected chi connectivity index (χ4v) is 2.10. The van der Waals surface area contributed by atoms with Crippen molar-refractivity contribution in [3.63, 3.8) is 0 Å². The standard InChI is InChI=1S/C21H34O2/c1-3-5-6-7-8-9-10-11-12-13-14-15-16-17-18-19-21(22)23-20-4-2/h4,8-13H,2-3,5-7,14-20H2,1H3/b9-8-,11-10+,13-12+. The van der Waals surface area contributed by atoms with Crippen LogP contribution in [-0.2, 0) is 9.53 Å². The third kappa shape index (κ3) is 18.4. The molecule has 0 spiro atoms. The largest absolute Gasteiger partial charge is 0.461 e. The second-order valence-electron chi connectivity index (χ2n) is 5.66. The molecule has 0 amide bonds. The molecule has 0 bridgehead atoms. The molecule has 0 aliphatic carbocycles. The summed E-state index contributed by atoms with van der Waals surface area (Å²) in [6, 6.07) is 0. The molecule has 0 aliphatic heterocycles. The minimum atomic E-state index is -0.113. The van der Waals surface area contributed by atoms with Gasteiger partial charge in [-0.15, -0.1) is 0 Å². The summed E-state index contributed by atoms with van der Waals surface area (Å²) in [6.07, 6.45) is 25.5. The van der Waals surface area contributed by atoms with Crippen LogP contribution in [0.25, 0.3) is 0 Å². The Balaban J connectivity index is 3.37. The zero-order valence-corrected chi connectivity index (χ0v) is 14.8. The highest BCUT2D eigenvalue weighted by Gasteiger charge is 2.00. The molecule has 2 nitrogen and oxygen atoms in total. The van der Waals surface area contributed by atoms with Gasteiger partial charge in [0.15, 0.2) is 0 Å². The third-order valence-corrected chi connectivity index (χ3v) is 3.44. The molecule has 0 fully saturated rings. The van der Waals surface area contributed by atoms with E-state index in [1.165, 1.54) is 38.5 Å². The van der Waals surface area contributed by atoms with E-state index in [2.05, 4.69) is 50.0 Å². The van der Waals surface area contributed by atoms with Crippen molar-refractivity contribution in [2.45, 2.75) is 71.1 Å². The topological polar surface area (TPSA) is 26.3 Å². The molecule has 0 aromatic heterocycles. The average Bonchev–Trinajstić information content (AvgIpc) is 2.56. The second kappa shape index (κ2) is 18.5. The first-order chi connectivity index (χ1) is 11.3. The summed E-state index contributed by atoms with van der Waals surface area (Å²) in [7, 11) is 0. The molecule has 0 rings (SSSR count). The number of hydrogen-bond acceptors (Lipinski definition) is 2. The highest BCUT2D eigenvalue weighted by atomic mass is 16.5. The Morgan fingerprint density at radius 1 is 0.870 bits per heavy atom. The van der Waals surface area contributed by atoms with Gasteiger partial charge < -0.3 is 4.74 Å². The summed E-state index contributed by atoms with van der Waals surface area (Å²) in [4.78, 5) is 11.2. The Bertz CT molecular complexity index is 364. The van der Waals surface area contributed by atoms with Gasteiger partial charge in [-0.3, -0.25) is 4.79 Å². The van der Waals surface area contributed by atoms with E-state index in [9.17, 15) is 4.79 Å². The van der Waals surface area contributed by atoms with Crippen molar-refractivity contribution in [1.82, 2.24) is 0 Å². The molecule has 130 valence electrons. The van der Waals surface area contributed by atoms with Crippen molar-refractivity contribution in [3.8, 4) is 0 Å². The Labute approximate surface area is 143 Å². The highest BCUT2D eigenvalue weighted by molar-refractivity contribution is 5.69. The molecule has 23 heavy (non-hydrogen) atoms. The second-order valence-corrected chi connectivity index (χ2v) is 5.66. The van der Waals surface area contributed by atoms with Crippen LogP contribution in [0.2, 0.25) is 0 Å². The maximum absolute atomic E-state index is 11.2. The van der Waals surface area contributed by atoms with Crippen LogP contribution in [0, 0.1) is 0 Å².